The lowest BCUT2D eigenvalue weighted by atomic mass is 9.93. The molecule has 0 radical (unpaired) electrons. The summed E-state index contributed by atoms with van der Waals surface area (Å²) in [6, 6.07) is 6.44. The first-order valence-electron chi connectivity index (χ1n) is 8.87. The molecule has 0 aliphatic carbocycles. The molecule has 0 bridgehead atoms. The van der Waals surface area contributed by atoms with E-state index in [0.29, 0.717) is 35.1 Å². The van der Waals surface area contributed by atoms with Crippen LogP contribution in [0.1, 0.15) is 31.0 Å². The molecular weight excluding hydrogens is 410 g/mol. The second kappa shape index (κ2) is 10.8. The van der Waals surface area contributed by atoms with Crippen LogP contribution in [0.4, 0.5) is 11.4 Å². The number of carbonyl (C=O) groups excluding carboxylic acids is 2. The van der Waals surface area contributed by atoms with Crippen molar-refractivity contribution in [2.45, 2.75) is 32.1 Å². The molecule has 11 heteroatoms. The molecule has 31 heavy (non-hydrogen) atoms. The van der Waals surface area contributed by atoms with Crippen molar-refractivity contribution in [3.63, 3.8) is 0 Å². The number of carboxylic acids is 2. The number of aliphatic carboxylic acids is 2. The molecule has 3 unspecified atom stereocenters. The third-order valence-corrected chi connectivity index (χ3v) is 4.07. The predicted octanol–water partition coefficient (Wildman–Crippen LogP) is 0.149. The number of carbonyl (C=O) groups is 4. The summed E-state index contributed by atoms with van der Waals surface area (Å²) in [5, 5.41) is 33.1. The highest BCUT2D eigenvalue weighted by Crippen LogP contribution is 2.39. The van der Waals surface area contributed by atoms with Gasteiger partial charge in [-0.3, -0.25) is 9.79 Å². The van der Waals surface area contributed by atoms with Gasteiger partial charge in [-0.15, -0.1) is 0 Å². The van der Waals surface area contributed by atoms with Crippen LogP contribution in [-0.4, -0.2) is 62.9 Å². The van der Waals surface area contributed by atoms with Crippen molar-refractivity contribution in [2.75, 3.05) is 11.5 Å². The maximum Gasteiger partial charge on any atom is 0.332 e. The minimum atomic E-state index is -1.23. The first-order valence-corrected chi connectivity index (χ1v) is 8.87. The summed E-state index contributed by atoms with van der Waals surface area (Å²) in [4.78, 5) is 45.2. The second-order valence-electron chi connectivity index (χ2n) is 6.44. The van der Waals surface area contributed by atoms with Crippen LogP contribution >= 0.6 is 0 Å². The minimum Gasteiger partial charge on any atom is -0.479 e. The van der Waals surface area contributed by atoms with Gasteiger partial charge in [-0.1, -0.05) is 12.1 Å². The highest BCUT2D eigenvalue weighted by Gasteiger charge is 2.29. The molecule has 3 rings (SSSR count). The van der Waals surface area contributed by atoms with Gasteiger partial charge in [-0.2, -0.15) is 0 Å². The number of aliphatic hydroxyl groups is 2. The molecule has 1 heterocycles. The van der Waals surface area contributed by atoms with Gasteiger partial charge in [0.1, 0.15) is 30.2 Å². The van der Waals surface area contributed by atoms with E-state index in [1.54, 1.807) is 18.2 Å². The fraction of sp³-hybridized carbons (Fsp3) is 0.250. The van der Waals surface area contributed by atoms with Gasteiger partial charge in [0.2, 0.25) is 0 Å². The van der Waals surface area contributed by atoms with Crippen molar-refractivity contribution in [3.05, 3.63) is 35.4 Å². The number of fused-ring (bicyclic) bond motifs is 3. The van der Waals surface area contributed by atoms with E-state index >= 15 is 0 Å². The summed E-state index contributed by atoms with van der Waals surface area (Å²) in [6.45, 7) is 2.39. The molecule has 1 aliphatic heterocycles. The average molecular weight is 433 g/mol. The fourth-order valence-corrected chi connectivity index (χ4v) is 2.56. The molecule has 0 fully saturated rings. The number of aliphatic imine (C=N–C) groups is 1. The molecule has 0 amide bonds. The SMILES string of the molecule is CC(O)C(=O)O.CC(O)C(=O)O.Nc1cc2c(N)cccc2c2c1C(C=O)=NC2C=O. The Morgan fingerprint density at radius 3 is 1.94 bits per heavy atom. The Kier molecular flexibility index (Phi) is 8.79. The number of nitrogen functional groups attached to an aromatic ring is 2. The highest BCUT2D eigenvalue weighted by atomic mass is 16.4. The number of rotatable bonds is 4. The quantitative estimate of drug-likeness (QED) is 0.283. The number of aliphatic hydroxyl groups excluding tert-OH is 2. The number of benzene rings is 2. The summed E-state index contributed by atoms with van der Waals surface area (Å²) in [5.41, 5.74) is 14.3. The van der Waals surface area contributed by atoms with Crippen molar-refractivity contribution in [3.8, 4) is 0 Å². The molecule has 8 N–H and O–H groups in total. The van der Waals surface area contributed by atoms with Crippen LogP contribution in [0, 0.1) is 0 Å². The number of anilines is 2. The first kappa shape index (κ1) is 25.2. The number of aldehydes is 2. The monoisotopic (exact) mass is 433 g/mol. The summed E-state index contributed by atoms with van der Waals surface area (Å²) in [6.07, 6.45) is -1.14. The molecule has 3 atom stereocenters. The maximum absolute atomic E-state index is 11.2. The summed E-state index contributed by atoms with van der Waals surface area (Å²) in [5.74, 6) is -2.37. The smallest absolute Gasteiger partial charge is 0.332 e. The zero-order valence-corrected chi connectivity index (χ0v) is 16.7. The topological polar surface area (TPSA) is 214 Å². The molecule has 166 valence electrons. The van der Waals surface area contributed by atoms with E-state index < -0.39 is 30.2 Å². The average Bonchev–Trinajstić information content (AvgIpc) is 3.09. The molecule has 0 saturated heterocycles. The summed E-state index contributed by atoms with van der Waals surface area (Å²) < 4.78 is 0. The van der Waals surface area contributed by atoms with E-state index in [2.05, 4.69) is 4.99 Å². The van der Waals surface area contributed by atoms with Gasteiger partial charge in [-0.05, 0) is 31.4 Å². The summed E-state index contributed by atoms with van der Waals surface area (Å²) >= 11 is 0. The lowest BCUT2D eigenvalue weighted by molar-refractivity contribution is -0.146. The van der Waals surface area contributed by atoms with Crippen LogP contribution in [-0.2, 0) is 19.2 Å². The van der Waals surface area contributed by atoms with E-state index in [0.717, 1.165) is 10.8 Å². The van der Waals surface area contributed by atoms with Crippen molar-refractivity contribution in [1.29, 1.82) is 0 Å². The van der Waals surface area contributed by atoms with E-state index in [1.165, 1.54) is 13.8 Å². The van der Waals surface area contributed by atoms with Gasteiger partial charge in [0.05, 0.1) is 0 Å². The molecular formula is C20H23N3O8. The van der Waals surface area contributed by atoms with Crippen LogP contribution in [0.15, 0.2) is 29.3 Å². The number of nitrogens with zero attached hydrogens (tertiary/aromatic N) is 1. The molecule has 1 aliphatic rings. The lowest BCUT2D eigenvalue weighted by Gasteiger charge is -2.12. The van der Waals surface area contributed by atoms with Crippen molar-refractivity contribution < 1.29 is 39.6 Å². The molecule has 2 aromatic rings. The Balaban J connectivity index is 0.000000333. The first-order chi connectivity index (χ1) is 14.5. The molecule has 0 spiro atoms. The Labute approximate surface area is 176 Å². The number of hydrogen-bond acceptors (Lipinski definition) is 9. The summed E-state index contributed by atoms with van der Waals surface area (Å²) in [7, 11) is 0. The van der Waals surface area contributed by atoms with E-state index in [4.69, 9.17) is 31.9 Å². The van der Waals surface area contributed by atoms with Crippen LogP contribution in [0.25, 0.3) is 10.8 Å². The van der Waals surface area contributed by atoms with Crippen molar-refractivity contribution in [1.82, 2.24) is 0 Å². The molecule has 2 aromatic carbocycles. The van der Waals surface area contributed by atoms with Gasteiger partial charge in [-0.25, -0.2) is 9.59 Å². The predicted molar refractivity (Wildman–Crippen MR) is 113 cm³/mol. The normalized spacial score (nSPS) is 15.7. The van der Waals surface area contributed by atoms with E-state index in [1.807, 2.05) is 6.07 Å². The highest BCUT2D eigenvalue weighted by molar-refractivity contribution is 6.40. The van der Waals surface area contributed by atoms with E-state index in [9.17, 15) is 19.2 Å². The Morgan fingerprint density at radius 1 is 1.00 bits per heavy atom. The fourth-order valence-electron chi connectivity index (χ4n) is 2.56. The van der Waals surface area contributed by atoms with Crippen LogP contribution in [0.5, 0.6) is 0 Å². The third-order valence-electron chi connectivity index (χ3n) is 4.07. The number of hydrogen-bond donors (Lipinski definition) is 6. The standard InChI is InChI=1S/C14H11N3O2.2C3H6O3/c15-9-3-1-2-7-8(9)4-10(16)14-12(6-19)17-11(5-18)13(7)14;2*1-2(4)3(5)6/h1-6,11H,15-16H2;2*2,4H,1H3,(H,5,6). The van der Waals surface area contributed by atoms with Gasteiger partial charge in [0.25, 0.3) is 0 Å². The molecule has 0 saturated carbocycles. The number of nitrogens with two attached hydrogens (primary N) is 2. The maximum atomic E-state index is 11.2. The van der Waals surface area contributed by atoms with Crippen LogP contribution in [0.2, 0.25) is 0 Å². The van der Waals surface area contributed by atoms with Crippen LogP contribution < -0.4 is 11.5 Å². The Hall–Kier alpha value is -3.83. The lowest BCUT2D eigenvalue weighted by Crippen LogP contribution is -2.13. The van der Waals surface area contributed by atoms with Gasteiger partial charge in [0.15, 0.2) is 6.29 Å². The number of carboxylic acid groups (broad SMARTS) is 2. The van der Waals surface area contributed by atoms with Crippen molar-refractivity contribution >= 4 is 52.4 Å². The van der Waals surface area contributed by atoms with Gasteiger partial charge >= 0.3 is 11.9 Å². The largest absolute Gasteiger partial charge is 0.479 e. The zero-order chi connectivity index (χ0) is 23.9. The minimum absolute atomic E-state index is 0.217. The third kappa shape index (κ3) is 6.07. The van der Waals surface area contributed by atoms with E-state index in [-0.39, 0.29) is 5.71 Å². The van der Waals surface area contributed by atoms with Gasteiger partial charge < -0.3 is 36.7 Å². The van der Waals surface area contributed by atoms with Crippen LogP contribution in [0.3, 0.4) is 0 Å². The van der Waals surface area contributed by atoms with Gasteiger partial charge in [0, 0.05) is 27.9 Å². The Morgan fingerprint density at radius 2 is 1.52 bits per heavy atom. The molecule has 11 nitrogen and oxygen atoms in total. The second-order valence-corrected chi connectivity index (χ2v) is 6.44. The molecule has 0 aromatic heterocycles. The zero-order valence-electron chi connectivity index (χ0n) is 16.7. The Bertz CT molecular complexity index is 1010. The van der Waals surface area contributed by atoms with Crippen molar-refractivity contribution in [2.24, 2.45) is 4.99 Å².